The van der Waals surface area contributed by atoms with Gasteiger partial charge in [-0.05, 0) is 57.7 Å². The van der Waals surface area contributed by atoms with Crippen LogP contribution in [0.3, 0.4) is 0 Å². The molecule has 1 atom stereocenters. The van der Waals surface area contributed by atoms with Crippen molar-refractivity contribution in [3.8, 4) is 0 Å². The molecule has 172 valence electrons. The first kappa shape index (κ1) is 22.4. The molecule has 0 radical (unpaired) electrons. The minimum Gasteiger partial charge on any atom is -0.444 e. The number of allylic oxidation sites excluding steroid dienone is 1. The fourth-order valence-electron chi connectivity index (χ4n) is 4.96. The highest BCUT2D eigenvalue weighted by atomic mass is 16.6. The third kappa shape index (κ3) is 4.41. The van der Waals surface area contributed by atoms with E-state index in [2.05, 4.69) is 24.1 Å². The highest BCUT2D eigenvalue weighted by molar-refractivity contribution is 5.99. The number of likely N-dealkylation sites (tertiary alicyclic amines) is 1. The van der Waals surface area contributed by atoms with E-state index in [1.807, 2.05) is 43.9 Å². The zero-order valence-electron chi connectivity index (χ0n) is 19.8. The monoisotopic (exact) mass is 437 g/mol. The van der Waals surface area contributed by atoms with Gasteiger partial charge in [0, 0.05) is 60.3 Å². The molecule has 3 heterocycles. The number of benzene rings is 1. The molecule has 2 aromatic rings. The van der Waals surface area contributed by atoms with E-state index in [1.165, 1.54) is 12.1 Å². The Balaban J connectivity index is 1.69. The Morgan fingerprint density at radius 1 is 1.22 bits per heavy atom. The summed E-state index contributed by atoms with van der Waals surface area (Å²) >= 11 is 0. The molecule has 2 aliphatic heterocycles. The average molecular weight is 438 g/mol. The molecule has 1 fully saturated rings. The third-order valence-corrected chi connectivity index (χ3v) is 6.41. The van der Waals surface area contributed by atoms with Crippen molar-refractivity contribution in [1.29, 1.82) is 0 Å². The van der Waals surface area contributed by atoms with Gasteiger partial charge in [-0.2, -0.15) is 0 Å². The van der Waals surface area contributed by atoms with Crippen molar-refractivity contribution in [3.63, 3.8) is 0 Å². The Bertz CT molecular complexity index is 1050. The second-order valence-electron chi connectivity index (χ2n) is 10.2. The molecule has 0 saturated carbocycles. The SMILES string of the molecule is C=CCn1c2c(c3cc(C(=O)N4CCCC(C)C4)ccc31)CN(C(=O)OC(C)(C)C)CC2. The van der Waals surface area contributed by atoms with Crippen LogP contribution < -0.4 is 0 Å². The van der Waals surface area contributed by atoms with Gasteiger partial charge in [-0.15, -0.1) is 6.58 Å². The Morgan fingerprint density at radius 2 is 2.00 bits per heavy atom. The second-order valence-corrected chi connectivity index (χ2v) is 10.2. The van der Waals surface area contributed by atoms with Gasteiger partial charge in [0.2, 0.25) is 0 Å². The number of aromatic nitrogens is 1. The van der Waals surface area contributed by atoms with E-state index in [9.17, 15) is 9.59 Å². The largest absolute Gasteiger partial charge is 0.444 e. The first-order valence-electron chi connectivity index (χ1n) is 11.7. The molecule has 1 aromatic heterocycles. The number of piperidine rings is 1. The van der Waals surface area contributed by atoms with Gasteiger partial charge in [0.05, 0.1) is 6.54 Å². The highest BCUT2D eigenvalue weighted by Crippen LogP contribution is 2.33. The second kappa shape index (κ2) is 8.64. The summed E-state index contributed by atoms with van der Waals surface area (Å²) in [5.41, 5.74) is 3.61. The van der Waals surface area contributed by atoms with E-state index in [1.54, 1.807) is 4.90 Å². The number of amides is 2. The molecule has 6 nitrogen and oxygen atoms in total. The predicted molar refractivity (Wildman–Crippen MR) is 127 cm³/mol. The fourth-order valence-corrected chi connectivity index (χ4v) is 4.96. The fraction of sp³-hybridized carbons (Fsp3) is 0.538. The zero-order valence-corrected chi connectivity index (χ0v) is 19.8. The molecule has 0 N–H and O–H groups in total. The van der Waals surface area contributed by atoms with Crippen molar-refractivity contribution in [3.05, 3.63) is 47.7 Å². The molecule has 2 aliphatic rings. The summed E-state index contributed by atoms with van der Waals surface area (Å²) in [6, 6.07) is 6.02. The van der Waals surface area contributed by atoms with E-state index >= 15 is 0 Å². The number of nitrogens with zero attached hydrogens (tertiary/aromatic N) is 3. The number of rotatable bonds is 3. The summed E-state index contributed by atoms with van der Waals surface area (Å²) in [5.74, 6) is 0.642. The average Bonchev–Trinajstić information content (AvgIpc) is 3.05. The van der Waals surface area contributed by atoms with Crippen LogP contribution >= 0.6 is 0 Å². The molecule has 1 aromatic carbocycles. The Kier molecular flexibility index (Phi) is 6.06. The van der Waals surface area contributed by atoms with Gasteiger partial charge in [-0.3, -0.25) is 4.79 Å². The number of carbonyl (C=O) groups excluding carboxylic acids is 2. The minimum absolute atomic E-state index is 0.100. The first-order chi connectivity index (χ1) is 15.2. The molecule has 6 heteroatoms. The molecular formula is C26H35N3O3. The van der Waals surface area contributed by atoms with Gasteiger partial charge >= 0.3 is 6.09 Å². The van der Waals surface area contributed by atoms with Gasteiger partial charge < -0.3 is 19.1 Å². The number of hydrogen-bond donors (Lipinski definition) is 0. The lowest BCUT2D eigenvalue weighted by atomic mass is 9.99. The predicted octanol–water partition coefficient (Wildman–Crippen LogP) is 4.99. The van der Waals surface area contributed by atoms with Crippen LogP contribution in [0.25, 0.3) is 10.9 Å². The van der Waals surface area contributed by atoms with Crippen LogP contribution in [-0.2, 0) is 24.2 Å². The lowest BCUT2D eigenvalue weighted by molar-refractivity contribution is 0.0223. The van der Waals surface area contributed by atoms with Crippen molar-refractivity contribution in [1.82, 2.24) is 14.4 Å². The molecule has 0 bridgehead atoms. The third-order valence-electron chi connectivity index (χ3n) is 6.41. The van der Waals surface area contributed by atoms with Crippen molar-refractivity contribution in [2.75, 3.05) is 19.6 Å². The standard InChI is InChI=1S/C26H35N3O3/c1-6-12-29-22-10-9-19(24(30)27-13-7-8-18(2)16-27)15-20(22)21-17-28(14-11-23(21)29)25(31)32-26(3,4)5/h6,9-10,15,18H,1,7-8,11-14,16-17H2,2-5H3. The van der Waals surface area contributed by atoms with E-state index in [4.69, 9.17) is 4.74 Å². The summed E-state index contributed by atoms with van der Waals surface area (Å²) in [6.45, 7) is 15.2. The number of fused-ring (bicyclic) bond motifs is 3. The topological polar surface area (TPSA) is 54.8 Å². The molecule has 0 aliphatic carbocycles. The molecule has 4 rings (SSSR count). The van der Waals surface area contributed by atoms with Gasteiger partial charge in [-0.25, -0.2) is 4.79 Å². The summed E-state index contributed by atoms with van der Waals surface area (Å²) in [4.78, 5) is 29.7. The maximum absolute atomic E-state index is 13.2. The maximum atomic E-state index is 13.2. The Labute approximate surface area is 190 Å². The molecule has 32 heavy (non-hydrogen) atoms. The van der Waals surface area contributed by atoms with E-state index < -0.39 is 5.60 Å². The smallest absolute Gasteiger partial charge is 0.410 e. The Morgan fingerprint density at radius 3 is 2.69 bits per heavy atom. The van der Waals surface area contributed by atoms with Gasteiger partial charge in [-0.1, -0.05) is 13.0 Å². The summed E-state index contributed by atoms with van der Waals surface area (Å²) in [5, 5.41) is 1.05. The van der Waals surface area contributed by atoms with Crippen LogP contribution in [0.2, 0.25) is 0 Å². The minimum atomic E-state index is -0.528. The summed E-state index contributed by atoms with van der Waals surface area (Å²) in [6.07, 6.45) is 4.60. The van der Waals surface area contributed by atoms with Crippen LogP contribution in [0.4, 0.5) is 4.79 Å². The summed E-state index contributed by atoms with van der Waals surface area (Å²) < 4.78 is 7.88. The van der Waals surface area contributed by atoms with Crippen LogP contribution in [0.15, 0.2) is 30.9 Å². The van der Waals surface area contributed by atoms with E-state index in [-0.39, 0.29) is 12.0 Å². The lowest BCUT2D eigenvalue weighted by Crippen LogP contribution is -2.40. The van der Waals surface area contributed by atoms with Crippen molar-refractivity contribution < 1.29 is 14.3 Å². The summed E-state index contributed by atoms with van der Waals surface area (Å²) in [7, 11) is 0. The quantitative estimate of drug-likeness (QED) is 0.636. The van der Waals surface area contributed by atoms with Crippen LogP contribution in [0.1, 0.15) is 62.2 Å². The van der Waals surface area contributed by atoms with E-state index in [0.29, 0.717) is 25.6 Å². The molecular weight excluding hydrogens is 402 g/mol. The van der Waals surface area contributed by atoms with Crippen LogP contribution in [0, 0.1) is 5.92 Å². The zero-order chi connectivity index (χ0) is 23.0. The van der Waals surface area contributed by atoms with E-state index in [0.717, 1.165) is 48.0 Å². The van der Waals surface area contributed by atoms with Gasteiger partial charge in [0.25, 0.3) is 5.91 Å². The molecule has 0 spiro atoms. The number of ether oxygens (including phenoxy) is 1. The van der Waals surface area contributed by atoms with Crippen LogP contribution in [0.5, 0.6) is 0 Å². The normalized spacial score (nSPS) is 19.1. The van der Waals surface area contributed by atoms with Gasteiger partial charge in [0.15, 0.2) is 0 Å². The molecule has 2 amide bonds. The molecule has 1 unspecified atom stereocenters. The number of hydrogen-bond acceptors (Lipinski definition) is 3. The Hall–Kier alpha value is -2.76. The highest BCUT2D eigenvalue weighted by Gasteiger charge is 2.30. The number of carbonyl (C=O) groups is 2. The van der Waals surface area contributed by atoms with Crippen molar-refractivity contribution in [2.45, 2.75) is 65.6 Å². The molecule has 1 saturated heterocycles. The van der Waals surface area contributed by atoms with Crippen molar-refractivity contribution >= 4 is 22.9 Å². The van der Waals surface area contributed by atoms with Crippen molar-refractivity contribution in [2.24, 2.45) is 5.92 Å². The van der Waals surface area contributed by atoms with Gasteiger partial charge in [0.1, 0.15) is 5.60 Å². The maximum Gasteiger partial charge on any atom is 0.410 e. The van der Waals surface area contributed by atoms with Crippen LogP contribution in [-0.4, -0.2) is 51.6 Å². The first-order valence-corrected chi connectivity index (χ1v) is 11.7. The lowest BCUT2D eigenvalue weighted by Gasteiger charge is -2.31.